The molecule has 7 nitrogen and oxygen atoms in total. The van der Waals surface area contributed by atoms with Crippen LogP contribution in [0.3, 0.4) is 0 Å². The Hall–Kier alpha value is -3.49. The number of benzene rings is 3. The lowest BCUT2D eigenvalue weighted by Crippen LogP contribution is -2.54. The van der Waals surface area contributed by atoms with E-state index < -0.39 is 17.8 Å². The number of amides is 4. The number of carbonyl (C=O) groups excluding carboxylic acids is 3. The number of ether oxygens (including phenoxy) is 1. The maximum Gasteiger partial charge on any atom is 0.335 e. The van der Waals surface area contributed by atoms with Crippen LogP contribution < -0.4 is 15.0 Å². The van der Waals surface area contributed by atoms with Crippen molar-refractivity contribution in [3.8, 4) is 11.8 Å². The minimum atomic E-state index is -0.801. The number of barbiturate groups is 1. The molecule has 4 rings (SSSR count). The first-order valence-electron chi connectivity index (χ1n) is 9.95. The summed E-state index contributed by atoms with van der Waals surface area (Å²) in [5.74, 6) is -0.868. The van der Waals surface area contributed by atoms with E-state index in [2.05, 4.69) is 49.9 Å². The van der Waals surface area contributed by atoms with Crippen molar-refractivity contribution in [3.05, 3.63) is 97.0 Å². The molecule has 1 heterocycles. The third kappa shape index (κ3) is 5.03. The van der Waals surface area contributed by atoms with Crippen LogP contribution in [0.5, 0.6) is 5.75 Å². The minimum absolute atomic E-state index is 0.157. The highest BCUT2D eigenvalue weighted by atomic mass is 127. The molecule has 0 bridgehead atoms. The molecule has 0 spiro atoms. The molecule has 1 aliphatic heterocycles. The van der Waals surface area contributed by atoms with Crippen molar-refractivity contribution in [2.75, 3.05) is 4.90 Å². The number of urea groups is 1. The maximum atomic E-state index is 13.0. The maximum absolute atomic E-state index is 13.0. The van der Waals surface area contributed by atoms with E-state index in [0.717, 1.165) is 18.5 Å². The molecule has 9 heteroatoms. The zero-order valence-corrected chi connectivity index (χ0v) is 21.2. The van der Waals surface area contributed by atoms with Crippen LogP contribution in [0.4, 0.5) is 10.5 Å². The molecule has 34 heavy (non-hydrogen) atoms. The summed E-state index contributed by atoms with van der Waals surface area (Å²) in [6, 6.07) is 20.3. The van der Waals surface area contributed by atoms with Crippen LogP contribution in [0.2, 0.25) is 0 Å². The number of hydrogen-bond donors (Lipinski definition) is 1. The van der Waals surface area contributed by atoms with Crippen molar-refractivity contribution in [2.45, 2.75) is 6.61 Å². The van der Waals surface area contributed by atoms with E-state index in [4.69, 9.17) is 4.74 Å². The number of hydrogen-bond acceptors (Lipinski definition) is 5. The highest BCUT2D eigenvalue weighted by molar-refractivity contribution is 14.1. The zero-order valence-electron chi connectivity index (χ0n) is 17.4. The van der Waals surface area contributed by atoms with Gasteiger partial charge in [-0.2, -0.15) is 5.26 Å². The van der Waals surface area contributed by atoms with E-state index in [0.29, 0.717) is 22.6 Å². The predicted octanol–water partition coefficient (Wildman–Crippen LogP) is 5.17. The number of nitriles is 1. The van der Waals surface area contributed by atoms with E-state index in [1.807, 2.05) is 12.1 Å². The van der Waals surface area contributed by atoms with Crippen LogP contribution in [0, 0.1) is 14.9 Å². The van der Waals surface area contributed by atoms with Crippen LogP contribution in [-0.2, 0) is 16.2 Å². The predicted molar refractivity (Wildman–Crippen MR) is 138 cm³/mol. The molecule has 3 aromatic rings. The Balaban J connectivity index is 1.56. The van der Waals surface area contributed by atoms with Crippen molar-refractivity contribution in [3.63, 3.8) is 0 Å². The average molecular weight is 628 g/mol. The molecule has 1 fully saturated rings. The van der Waals surface area contributed by atoms with Gasteiger partial charge in [-0.25, -0.2) is 9.69 Å². The first kappa shape index (κ1) is 23.7. The lowest BCUT2D eigenvalue weighted by molar-refractivity contribution is -0.122. The lowest BCUT2D eigenvalue weighted by atomic mass is 10.1. The first-order chi connectivity index (χ1) is 16.4. The fourth-order valence-corrected chi connectivity index (χ4v) is 4.24. The number of anilines is 1. The molecule has 0 atom stereocenters. The molecule has 168 valence electrons. The third-order valence-corrected chi connectivity index (χ3v) is 6.35. The molecule has 0 aromatic heterocycles. The second-order valence-electron chi connectivity index (χ2n) is 7.18. The zero-order chi connectivity index (χ0) is 24.2. The van der Waals surface area contributed by atoms with Crippen LogP contribution in [0.15, 0.2) is 76.8 Å². The third-order valence-electron chi connectivity index (χ3n) is 4.97. The van der Waals surface area contributed by atoms with E-state index >= 15 is 0 Å². The molecule has 3 aromatic carbocycles. The van der Waals surface area contributed by atoms with E-state index in [-0.39, 0.29) is 12.2 Å². The highest BCUT2D eigenvalue weighted by Gasteiger charge is 2.36. The largest absolute Gasteiger partial charge is 0.488 e. The Labute approximate surface area is 217 Å². The van der Waals surface area contributed by atoms with Crippen molar-refractivity contribution in [2.24, 2.45) is 0 Å². The Morgan fingerprint density at radius 2 is 1.79 bits per heavy atom. The van der Waals surface area contributed by atoms with Gasteiger partial charge in [0, 0.05) is 10.0 Å². The van der Waals surface area contributed by atoms with Gasteiger partial charge >= 0.3 is 6.03 Å². The van der Waals surface area contributed by atoms with Crippen molar-refractivity contribution < 1.29 is 19.1 Å². The summed E-state index contributed by atoms with van der Waals surface area (Å²) in [4.78, 5) is 38.7. The Bertz CT molecular complexity index is 1380. The highest BCUT2D eigenvalue weighted by Crippen LogP contribution is 2.27. The number of carbonyl (C=O) groups is 3. The molecule has 0 aliphatic carbocycles. The van der Waals surface area contributed by atoms with Gasteiger partial charge in [0.1, 0.15) is 17.9 Å². The molecule has 1 aliphatic rings. The number of imide groups is 2. The van der Waals surface area contributed by atoms with Gasteiger partial charge in [0.25, 0.3) is 11.8 Å². The molecule has 0 saturated carbocycles. The van der Waals surface area contributed by atoms with Crippen molar-refractivity contribution in [1.29, 1.82) is 5.26 Å². The Morgan fingerprint density at radius 1 is 1.06 bits per heavy atom. The number of rotatable bonds is 5. The first-order valence-corrected chi connectivity index (χ1v) is 11.8. The van der Waals surface area contributed by atoms with Gasteiger partial charge in [-0.05, 0) is 76.7 Å². The molecule has 1 N–H and O–H groups in total. The Kier molecular flexibility index (Phi) is 7.09. The monoisotopic (exact) mass is 627 g/mol. The lowest BCUT2D eigenvalue weighted by Gasteiger charge is -2.26. The minimum Gasteiger partial charge on any atom is -0.488 e. The van der Waals surface area contributed by atoms with E-state index in [9.17, 15) is 19.6 Å². The second-order valence-corrected chi connectivity index (χ2v) is 9.26. The van der Waals surface area contributed by atoms with Gasteiger partial charge in [-0.1, -0.05) is 40.2 Å². The molecule has 4 amide bonds. The standard InChI is InChI=1S/C25H15BrIN3O4/c26-18-6-8-19(9-7-18)30-24(32)20(23(31)29-25(30)33)11-15-5-10-22(21(27)12-15)34-14-17-4-2-1-3-16(17)13-28/h1-12H,14H2,(H,29,31,33)/b20-11+. The summed E-state index contributed by atoms with van der Waals surface area (Å²) in [5.41, 5.74) is 2.10. The van der Waals surface area contributed by atoms with Gasteiger partial charge in [-0.15, -0.1) is 0 Å². The van der Waals surface area contributed by atoms with Gasteiger partial charge < -0.3 is 4.74 Å². The second kappa shape index (κ2) is 10.2. The topological polar surface area (TPSA) is 99.5 Å². The van der Waals surface area contributed by atoms with E-state index in [1.54, 1.807) is 54.6 Å². The Morgan fingerprint density at radius 3 is 2.50 bits per heavy atom. The number of halogens is 2. The average Bonchev–Trinajstić information content (AvgIpc) is 2.82. The van der Waals surface area contributed by atoms with Crippen LogP contribution in [0.25, 0.3) is 6.08 Å². The number of nitrogens with one attached hydrogen (secondary N) is 1. The summed E-state index contributed by atoms with van der Waals surface area (Å²) < 4.78 is 7.42. The summed E-state index contributed by atoms with van der Waals surface area (Å²) in [7, 11) is 0. The smallest absolute Gasteiger partial charge is 0.335 e. The van der Waals surface area contributed by atoms with Crippen LogP contribution in [0.1, 0.15) is 16.7 Å². The van der Waals surface area contributed by atoms with Crippen LogP contribution >= 0.6 is 38.5 Å². The van der Waals surface area contributed by atoms with Crippen molar-refractivity contribution >= 4 is 68.1 Å². The molecule has 0 unspecified atom stereocenters. The van der Waals surface area contributed by atoms with Crippen LogP contribution in [-0.4, -0.2) is 17.8 Å². The van der Waals surface area contributed by atoms with Crippen molar-refractivity contribution in [1.82, 2.24) is 5.32 Å². The SMILES string of the molecule is N#Cc1ccccc1COc1ccc(/C=C2\C(=O)NC(=O)N(c3ccc(Br)cc3)C2=O)cc1I. The van der Waals surface area contributed by atoms with Gasteiger partial charge in [-0.3, -0.25) is 14.9 Å². The van der Waals surface area contributed by atoms with Gasteiger partial charge in [0.15, 0.2) is 0 Å². The summed E-state index contributed by atoms with van der Waals surface area (Å²) >= 11 is 5.41. The molecular formula is C25H15BrIN3O4. The molecule has 0 radical (unpaired) electrons. The molecular weight excluding hydrogens is 613 g/mol. The fourth-order valence-electron chi connectivity index (χ4n) is 3.28. The van der Waals surface area contributed by atoms with Gasteiger partial charge in [0.05, 0.1) is 20.9 Å². The van der Waals surface area contributed by atoms with E-state index in [1.165, 1.54) is 6.08 Å². The normalized spacial score (nSPS) is 14.7. The quantitative estimate of drug-likeness (QED) is 0.239. The van der Waals surface area contributed by atoms with Gasteiger partial charge in [0.2, 0.25) is 0 Å². The summed E-state index contributed by atoms with van der Waals surface area (Å²) in [6.07, 6.45) is 1.44. The summed E-state index contributed by atoms with van der Waals surface area (Å²) in [6.45, 7) is 0.228. The molecule has 1 saturated heterocycles. The fraction of sp³-hybridized carbons (Fsp3) is 0.0400. The summed E-state index contributed by atoms with van der Waals surface area (Å²) in [5, 5.41) is 11.4. The number of nitrogens with zero attached hydrogens (tertiary/aromatic N) is 2.